The van der Waals surface area contributed by atoms with Crippen molar-refractivity contribution in [1.82, 2.24) is 4.98 Å². The summed E-state index contributed by atoms with van der Waals surface area (Å²) in [7, 11) is 0. The molecule has 0 aliphatic carbocycles. The zero-order valence-corrected chi connectivity index (χ0v) is 16.8. The Balaban J connectivity index is 1.45. The molecule has 0 fully saturated rings. The number of benzene rings is 4. The molecule has 5 rings (SSSR count). The minimum absolute atomic E-state index is 0.134. The Bertz CT molecular complexity index is 1420. The molecular weight excluding hydrogens is 372 g/mol. The Labute approximate surface area is 174 Å². The third-order valence-electron chi connectivity index (χ3n) is 5.27. The summed E-state index contributed by atoms with van der Waals surface area (Å²) in [6.45, 7) is 3.96. The van der Waals surface area contributed by atoms with E-state index in [1.54, 1.807) is 0 Å². The zero-order valence-electron chi connectivity index (χ0n) is 16.8. The molecule has 0 radical (unpaired) electrons. The quantitative estimate of drug-likeness (QED) is 0.380. The van der Waals surface area contributed by atoms with E-state index in [4.69, 9.17) is 4.42 Å². The van der Waals surface area contributed by atoms with E-state index in [-0.39, 0.29) is 5.91 Å². The molecule has 0 unspecified atom stereocenters. The average molecular weight is 392 g/mol. The van der Waals surface area contributed by atoms with Crippen molar-refractivity contribution in [2.75, 3.05) is 5.32 Å². The number of carbonyl (C=O) groups is 1. The molecule has 0 saturated carbocycles. The van der Waals surface area contributed by atoms with Gasteiger partial charge in [-0.15, -0.1) is 0 Å². The molecule has 0 aliphatic heterocycles. The highest BCUT2D eigenvalue weighted by atomic mass is 16.3. The van der Waals surface area contributed by atoms with Crippen LogP contribution in [0.1, 0.15) is 21.5 Å². The molecule has 4 aromatic carbocycles. The number of amides is 1. The molecule has 5 aromatic rings. The second-order valence-corrected chi connectivity index (χ2v) is 7.54. The lowest BCUT2D eigenvalue weighted by Gasteiger charge is -2.08. The molecular formula is C26H20N2O2. The molecule has 0 saturated heterocycles. The first-order valence-corrected chi connectivity index (χ1v) is 9.85. The summed E-state index contributed by atoms with van der Waals surface area (Å²) in [4.78, 5) is 17.3. The maximum atomic E-state index is 12.7. The average Bonchev–Trinajstić information content (AvgIpc) is 3.16. The van der Waals surface area contributed by atoms with Crippen LogP contribution in [-0.4, -0.2) is 10.9 Å². The van der Waals surface area contributed by atoms with Gasteiger partial charge >= 0.3 is 0 Å². The summed E-state index contributed by atoms with van der Waals surface area (Å²) in [6, 6.07) is 25.6. The van der Waals surface area contributed by atoms with Gasteiger partial charge in [-0.25, -0.2) is 4.98 Å². The van der Waals surface area contributed by atoms with E-state index >= 15 is 0 Å². The minimum atomic E-state index is -0.134. The Hall–Kier alpha value is -3.92. The van der Waals surface area contributed by atoms with Gasteiger partial charge in [0.05, 0.1) is 0 Å². The van der Waals surface area contributed by atoms with Crippen LogP contribution < -0.4 is 5.32 Å². The van der Waals surface area contributed by atoms with E-state index < -0.39 is 0 Å². The van der Waals surface area contributed by atoms with E-state index in [9.17, 15) is 4.79 Å². The molecule has 4 heteroatoms. The van der Waals surface area contributed by atoms with Crippen LogP contribution in [0.2, 0.25) is 0 Å². The van der Waals surface area contributed by atoms with E-state index in [1.165, 1.54) is 5.39 Å². The Morgan fingerprint density at radius 1 is 0.867 bits per heavy atom. The van der Waals surface area contributed by atoms with Gasteiger partial charge in [0.25, 0.3) is 5.91 Å². The SMILES string of the molecule is Cc1ccc(C(=O)Nc2ccc3oc(-c4ccc5ccccc5c4)nc3c2)c(C)c1. The zero-order chi connectivity index (χ0) is 20.7. The van der Waals surface area contributed by atoms with E-state index in [1.807, 2.05) is 68.4 Å². The summed E-state index contributed by atoms with van der Waals surface area (Å²) < 4.78 is 5.96. The third kappa shape index (κ3) is 3.33. The van der Waals surface area contributed by atoms with Crippen LogP contribution >= 0.6 is 0 Å². The number of aromatic nitrogens is 1. The molecule has 1 heterocycles. The predicted molar refractivity (Wildman–Crippen MR) is 121 cm³/mol. The molecule has 1 amide bonds. The van der Waals surface area contributed by atoms with Crippen molar-refractivity contribution in [2.24, 2.45) is 0 Å². The van der Waals surface area contributed by atoms with Gasteiger partial charge in [-0.3, -0.25) is 4.79 Å². The van der Waals surface area contributed by atoms with Gasteiger partial charge in [-0.05, 0) is 66.6 Å². The fraction of sp³-hybridized carbons (Fsp3) is 0.0769. The third-order valence-corrected chi connectivity index (χ3v) is 5.27. The monoisotopic (exact) mass is 392 g/mol. The van der Waals surface area contributed by atoms with Gasteiger partial charge in [0.1, 0.15) is 5.52 Å². The van der Waals surface area contributed by atoms with E-state index in [0.717, 1.165) is 22.1 Å². The first-order chi connectivity index (χ1) is 14.6. The summed E-state index contributed by atoms with van der Waals surface area (Å²) >= 11 is 0. The largest absolute Gasteiger partial charge is 0.436 e. The number of aryl methyl sites for hydroxylation is 2. The number of carbonyl (C=O) groups excluding carboxylic acids is 1. The van der Waals surface area contributed by atoms with Gasteiger partial charge in [-0.1, -0.05) is 48.0 Å². The van der Waals surface area contributed by atoms with Crippen molar-refractivity contribution < 1.29 is 9.21 Å². The van der Waals surface area contributed by atoms with Crippen molar-refractivity contribution in [3.63, 3.8) is 0 Å². The van der Waals surface area contributed by atoms with Crippen molar-refractivity contribution >= 4 is 33.5 Å². The fourth-order valence-electron chi connectivity index (χ4n) is 3.72. The van der Waals surface area contributed by atoms with Crippen LogP contribution in [0.25, 0.3) is 33.3 Å². The number of oxazole rings is 1. The lowest BCUT2D eigenvalue weighted by Crippen LogP contribution is -2.13. The lowest BCUT2D eigenvalue weighted by molar-refractivity contribution is 0.102. The van der Waals surface area contributed by atoms with E-state index in [2.05, 4.69) is 34.6 Å². The minimum Gasteiger partial charge on any atom is -0.436 e. The number of nitrogens with zero attached hydrogens (tertiary/aromatic N) is 1. The second-order valence-electron chi connectivity index (χ2n) is 7.54. The molecule has 0 atom stereocenters. The Morgan fingerprint density at radius 3 is 2.53 bits per heavy atom. The maximum Gasteiger partial charge on any atom is 0.255 e. The summed E-state index contributed by atoms with van der Waals surface area (Å²) in [5.41, 5.74) is 5.75. The molecule has 0 bridgehead atoms. The molecule has 1 N–H and O–H groups in total. The van der Waals surface area contributed by atoms with Crippen molar-refractivity contribution in [1.29, 1.82) is 0 Å². The van der Waals surface area contributed by atoms with Crippen molar-refractivity contribution in [3.05, 3.63) is 95.6 Å². The van der Waals surface area contributed by atoms with Crippen LogP contribution in [0.15, 0.2) is 83.3 Å². The fourth-order valence-corrected chi connectivity index (χ4v) is 3.72. The van der Waals surface area contributed by atoms with Crippen LogP contribution in [0, 0.1) is 13.8 Å². The normalized spacial score (nSPS) is 11.1. The molecule has 30 heavy (non-hydrogen) atoms. The van der Waals surface area contributed by atoms with Crippen LogP contribution in [0.5, 0.6) is 0 Å². The van der Waals surface area contributed by atoms with Crippen LogP contribution in [-0.2, 0) is 0 Å². The highest BCUT2D eigenvalue weighted by Gasteiger charge is 2.12. The smallest absolute Gasteiger partial charge is 0.255 e. The highest BCUT2D eigenvalue weighted by molar-refractivity contribution is 6.06. The van der Waals surface area contributed by atoms with Gasteiger partial charge in [0.2, 0.25) is 5.89 Å². The second kappa shape index (κ2) is 7.16. The number of rotatable bonds is 3. The molecule has 0 aliphatic rings. The van der Waals surface area contributed by atoms with Crippen LogP contribution in [0.3, 0.4) is 0 Å². The lowest BCUT2D eigenvalue weighted by atomic mass is 10.1. The van der Waals surface area contributed by atoms with E-state index in [0.29, 0.717) is 28.2 Å². The Kier molecular flexibility index (Phi) is 4.32. The van der Waals surface area contributed by atoms with Gasteiger partial charge in [0.15, 0.2) is 5.58 Å². The van der Waals surface area contributed by atoms with Gasteiger partial charge in [-0.2, -0.15) is 0 Å². The standard InChI is InChI=1S/C26H20N2O2/c1-16-7-11-22(17(2)13-16)25(29)27-21-10-12-24-23(15-21)28-26(30-24)20-9-8-18-5-3-4-6-19(18)14-20/h3-15H,1-2H3,(H,27,29). The summed E-state index contributed by atoms with van der Waals surface area (Å²) in [5.74, 6) is 0.429. The number of anilines is 1. The van der Waals surface area contributed by atoms with Crippen molar-refractivity contribution in [2.45, 2.75) is 13.8 Å². The Morgan fingerprint density at radius 2 is 1.70 bits per heavy atom. The maximum absolute atomic E-state index is 12.7. The summed E-state index contributed by atoms with van der Waals surface area (Å²) in [5, 5.41) is 5.28. The van der Waals surface area contributed by atoms with Gasteiger partial charge in [0, 0.05) is 16.8 Å². The first kappa shape index (κ1) is 18.1. The van der Waals surface area contributed by atoms with Gasteiger partial charge < -0.3 is 9.73 Å². The van der Waals surface area contributed by atoms with Crippen LogP contribution in [0.4, 0.5) is 5.69 Å². The molecule has 1 aromatic heterocycles. The first-order valence-electron chi connectivity index (χ1n) is 9.85. The number of fused-ring (bicyclic) bond motifs is 2. The number of nitrogens with one attached hydrogen (secondary N) is 1. The molecule has 4 nitrogen and oxygen atoms in total. The molecule has 146 valence electrons. The number of hydrogen-bond donors (Lipinski definition) is 1. The topological polar surface area (TPSA) is 55.1 Å². The molecule has 0 spiro atoms. The van der Waals surface area contributed by atoms with Crippen molar-refractivity contribution in [3.8, 4) is 11.5 Å². The number of hydrogen-bond acceptors (Lipinski definition) is 3. The highest BCUT2D eigenvalue weighted by Crippen LogP contribution is 2.28. The summed E-state index contributed by atoms with van der Waals surface area (Å²) in [6.07, 6.45) is 0. The predicted octanol–water partition coefficient (Wildman–Crippen LogP) is 6.52.